The van der Waals surface area contributed by atoms with E-state index in [9.17, 15) is 0 Å². The van der Waals surface area contributed by atoms with Crippen LogP contribution in [-0.2, 0) is 0 Å². The van der Waals surface area contributed by atoms with Gasteiger partial charge in [0.05, 0.1) is 0 Å². The molecule has 0 saturated heterocycles. The number of rotatable bonds is 3. The summed E-state index contributed by atoms with van der Waals surface area (Å²) in [6.07, 6.45) is 4.09. The lowest BCUT2D eigenvalue weighted by atomic mass is 10.0. The van der Waals surface area contributed by atoms with Crippen molar-refractivity contribution in [3.8, 4) is 0 Å². The summed E-state index contributed by atoms with van der Waals surface area (Å²) in [5, 5.41) is 0. The highest BCUT2D eigenvalue weighted by atomic mass is 14.5. The van der Waals surface area contributed by atoms with Gasteiger partial charge in [-0.2, -0.15) is 0 Å². The first kappa shape index (κ1) is 8.54. The lowest BCUT2D eigenvalue weighted by molar-refractivity contribution is 0.698. The second kappa shape index (κ2) is 4.42. The Morgan fingerprint density at radius 1 is 1.56 bits per heavy atom. The largest absolute Gasteiger partial charge is 0.405 e. The molecule has 0 aliphatic rings. The van der Waals surface area contributed by atoms with Crippen LogP contribution < -0.4 is 5.73 Å². The number of nitrogens with two attached hydrogens (primary N) is 1. The summed E-state index contributed by atoms with van der Waals surface area (Å²) in [7, 11) is 0. The summed E-state index contributed by atoms with van der Waals surface area (Å²) >= 11 is 0. The highest BCUT2D eigenvalue weighted by molar-refractivity contribution is 5.01. The Balaban J connectivity index is 3.70. The Hall–Kier alpha value is -0.460. The summed E-state index contributed by atoms with van der Waals surface area (Å²) in [6.45, 7) is 6.52. The van der Waals surface area contributed by atoms with Crippen LogP contribution in [0.3, 0.4) is 0 Å². The summed E-state index contributed by atoms with van der Waals surface area (Å²) < 4.78 is 0. The fourth-order valence-electron chi connectivity index (χ4n) is 0.853. The van der Waals surface area contributed by atoms with Gasteiger partial charge < -0.3 is 5.73 Å². The molecule has 1 heteroatoms. The molecular weight excluding hydrogens is 110 g/mol. The van der Waals surface area contributed by atoms with Crippen LogP contribution in [0.1, 0.15) is 33.6 Å². The Kier molecular flexibility index (Phi) is 4.20. The number of hydrogen-bond acceptors (Lipinski definition) is 1. The van der Waals surface area contributed by atoms with Gasteiger partial charge in [0, 0.05) is 0 Å². The third-order valence-electron chi connectivity index (χ3n) is 1.49. The SMILES string of the molecule is CCC/C(=C\N)C(C)C. The van der Waals surface area contributed by atoms with Gasteiger partial charge in [-0.1, -0.05) is 32.8 Å². The molecule has 0 aromatic carbocycles. The molecule has 0 spiro atoms. The van der Waals surface area contributed by atoms with E-state index in [0.717, 1.165) is 6.42 Å². The van der Waals surface area contributed by atoms with Gasteiger partial charge in [-0.25, -0.2) is 0 Å². The molecule has 54 valence electrons. The van der Waals surface area contributed by atoms with Gasteiger partial charge in [0.1, 0.15) is 0 Å². The summed E-state index contributed by atoms with van der Waals surface area (Å²) in [5.74, 6) is 0.620. The summed E-state index contributed by atoms with van der Waals surface area (Å²) in [6, 6.07) is 0. The lowest BCUT2D eigenvalue weighted by Gasteiger charge is -2.07. The van der Waals surface area contributed by atoms with Crippen molar-refractivity contribution in [1.29, 1.82) is 0 Å². The zero-order chi connectivity index (χ0) is 7.28. The van der Waals surface area contributed by atoms with E-state index in [2.05, 4.69) is 20.8 Å². The Morgan fingerprint density at radius 3 is 2.22 bits per heavy atom. The van der Waals surface area contributed by atoms with E-state index in [1.165, 1.54) is 12.0 Å². The fourth-order valence-corrected chi connectivity index (χ4v) is 0.853. The molecule has 0 unspecified atom stereocenters. The van der Waals surface area contributed by atoms with Crippen molar-refractivity contribution in [3.63, 3.8) is 0 Å². The fraction of sp³-hybridized carbons (Fsp3) is 0.750. The molecule has 0 atom stereocenters. The molecule has 0 saturated carbocycles. The molecule has 0 radical (unpaired) electrons. The van der Waals surface area contributed by atoms with E-state index in [1.54, 1.807) is 6.20 Å². The minimum Gasteiger partial charge on any atom is -0.405 e. The Bertz CT molecular complexity index is 92.7. The predicted molar refractivity (Wildman–Crippen MR) is 42.0 cm³/mol. The maximum Gasteiger partial charge on any atom is -0.00679 e. The van der Waals surface area contributed by atoms with Gasteiger partial charge in [0.15, 0.2) is 0 Å². The molecule has 2 N–H and O–H groups in total. The van der Waals surface area contributed by atoms with Crippen molar-refractivity contribution in [2.45, 2.75) is 33.6 Å². The highest BCUT2D eigenvalue weighted by Crippen LogP contribution is 2.13. The van der Waals surface area contributed by atoms with Gasteiger partial charge >= 0.3 is 0 Å². The summed E-state index contributed by atoms with van der Waals surface area (Å²) in [5.41, 5.74) is 6.77. The van der Waals surface area contributed by atoms with E-state index in [-0.39, 0.29) is 0 Å². The highest BCUT2D eigenvalue weighted by Gasteiger charge is 1.98. The second-order valence-electron chi connectivity index (χ2n) is 2.65. The van der Waals surface area contributed by atoms with Crippen LogP contribution >= 0.6 is 0 Å². The molecule has 0 fully saturated rings. The van der Waals surface area contributed by atoms with E-state index >= 15 is 0 Å². The first-order chi connectivity index (χ1) is 4.22. The van der Waals surface area contributed by atoms with Crippen LogP contribution in [0.25, 0.3) is 0 Å². The van der Waals surface area contributed by atoms with Crippen molar-refractivity contribution in [1.82, 2.24) is 0 Å². The second-order valence-corrected chi connectivity index (χ2v) is 2.65. The lowest BCUT2D eigenvalue weighted by Crippen LogP contribution is -1.96. The van der Waals surface area contributed by atoms with Crippen LogP contribution in [0.15, 0.2) is 11.8 Å². The first-order valence-electron chi connectivity index (χ1n) is 3.63. The molecule has 9 heavy (non-hydrogen) atoms. The number of hydrogen-bond donors (Lipinski definition) is 1. The molecule has 0 heterocycles. The molecule has 0 bridgehead atoms. The van der Waals surface area contributed by atoms with E-state index in [0.29, 0.717) is 5.92 Å². The third-order valence-corrected chi connectivity index (χ3v) is 1.49. The van der Waals surface area contributed by atoms with Crippen molar-refractivity contribution < 1.29 is 0 Å². The van der Waals surface area contributed by atoms with Crippen LogP contribution in [-0.4, -0.2) is 0 Å². The van der Waals surface area contributed by atoms with Gasteiger partial charge in [-0.05, 0) is 18.5 Å². The Morgan fingerprint density at radius 2 is 2.11 bits per heavy atom. The van der Waals surface area contributed by atoms with Gasteiger partial charge in [0.2, 0.25) is 0 Å². The standard InChI is InChI=1S/C8H17N/c1-4-5-8(6-9)7(2)3/h6-7H,4-5,9H2,1-3H3/b8-6+. The average molecular weight is 127 g/mol. The van der Waals surface area contributed by atoms with E-state index in [1.807, 2.05) is 0 Å². The zero-order valence-corrected chi connectivity index (χ0v) is 6.65. The van der Waals surface area contributed by atoms with Crippen LogP contribution in [0.2, 0.25) is 0 Å². The van der Waals surface area contributed by atoms with Crippen molar-refractivity contribution in [3.05, 3.63) is 11.8 Å². The minimum atomic E-state index is 0.620. The van der Waals surface area contributed by atoms with E-state index < -0.39 is 0 Å². The maximum absolute atomic E-state index is 5.40. The molecule has 0 aromatic heterocycles. The molecule has 0 aliphatic heterocycles. The van der Waals surface area contributed by atoms with Crippen molar-refractivity contribution >= 4 is 0 Å². The monoisotopic (exact) mass is 127 g/mol. The smallest absolute Gasteiger partial charge is 0.00679 e. The summed E-state index contributed by atoms with van der Waals surface area (Å²) in [4.78, 5) is 0. The van der Waals surface area contributed by atoms with Gasteiger partial charge in [-0.15, -0.1) is 0 Å². The van der Waals surface area contributed by atoms with Crippen molar-refractivity contribution in [2.75, 3.05) is 0 Å². The average Bonchev–Trinajstić information content (AvgIpc) is 1.82. The zero-order valence-electron chi connectivity index (χ0n) is 6.65. The van der Waals surface area contributed by atoms with Crippen LogP contribution in [0.4, 0.5) is 0 Å². The molecule has 0 amide bonds. The molecular formula is C8H17N. The molecule has 0 aliphatic carbocycles. The molecule has 0 rings (SSSR count). The predicted octanol–water partition coefficient (Wildman–Crippen LogP) is 2.29. The van der Waals surface area contributed by atoms with Gasteiger partial charge in [-0.3, -0.25) is 0 Å². The van der Waals surface area contributed by atoms with Crippen LogP contribution in [0.5, 0.6) is 0 Å². The normalized spacial score (nSPS) is 12.7. The van der Waals surface area contributed by atoms with Crippen molar-refractivity contribution in [2.24, 2.45) is 11.7 Å². The molecule has 1 nitrogen and oxygen atoms in total. The van der Waals surface area contributed by atoms with Gasteiger partial charge in [0.25, 0.3) is 0 Å². The Labute approximate surface area is 57.9 Å². The third kappa shape index (κ3) is 3.17. The van der Waals surface area contributed by atoms with E-state index in [4.69, 9.17) is 5.73 Å². The minimum absolute atomic E-state index is 0.620. The number of allylic oxidation sites excluding steroid dienone is 1. The molecule has 0 aromatic rings. The maximum atomic E-state index is 5.40. The topological polar surface area (TPSA) is 26.0 Å². The quantitative estimate of drug-likeness (QED) is 0.618. The van der Waals surface area contributed by atoms with Crippen LogP contribution in [0, 0.1) is 5.92 Å². The first-order valence-corrected chi connectivity index (χ1v) is 3.63.